The lowest BCUT2D eigenvalue weighted by Gasteiger charge is -2.33. The molecule has 0 bridgehead atoms. The first kappa shape index (κ1) is 14.6. The Labute approximate surface area is 128 Å². The lowest BCUT2D eigenvalue weighted by atomic mass is 10.1. The Balaban J connectivity index is 1.60. The molecule has 0 radical (unpaired) electrons. The molecule has 0 aromatic heterocycles. The Bertz CT molecular complexity index is 590. The molecule has 0 aliphatic carbocycles. The highest BCUT2D eigenvalue weighted by Gasteiger charge is 2.24. The number of ether oxygens (including phenoxy) is 2. The SMILES string of the molecule is NC(=O)CC1CN(C(=O)Cc2ccc3c(c2)OCO3)CCN1. The van der Waals surface area contributed by atoms with Gasteiger partial charge in [-0.05, 0) is 17.7 Å². The van der Waals surface area contributed by atoms with Crippen molar-refractivity contribution in [1.82, 2.24) is 10.2 Å². The molecule has 22 heavy (non-hydrogen) atoms. The summed E-state index contributed by atoms with van der Waals surface area (Å²) >= 11 is 0. The second-order valence-electron chi connectivity index (χ2n) is 5.53. The normalized spacial score (nSPS) is 20.0. The third kappa shape index (κ3) is 3.30. The molecule has 1 atom stereocenters. The monoisotopic (exact) mass is 305 g/mol. The van der Waals surface area contributed by atoms with E-state index in [2.05, 4.69) is 5.32 Å². The molecule has 0 spiro atoms. The van der Waals surface area contributed by atoms with Crippen molar-refractivity contribution < 1.29 is 19.1 Å². The van der Waals surface area contributed by atoms with Crippen LogP contribution in [-0.4, -0.2) is 49.2 Å². The van der Waals surface area contributed by atoms with Crippen molar-refractivity contribution in [2.45, 2.75) is 18.9 Å². The van der Waals surface area contributed by atoms with E-state index < -0.39 is 0 Å². The fraction of sp³-hybridized carbons (Fsp3) is 0.467. The van der Waals surface area contributed by atoms with E-state index in [9.17, 15) is 9.59 Å². The van der Waals surface area contributed by atoms with E-state index in [1.807, 2.05) is 18.2 Å². The minimum Gasteiger partial charge on any atom is -0.454 e. The van der Waals surface area contributed by atoms with Gasteiger partial charge in [-0.1, -0.05) is 6.07 Å². The summed E-state index contributed by atoms with van der Waals surface area (Å²) in [6, 6.07) is 5.46. The maximum atomic E-state index is 12.4. The first-order chi connectivity index (χ1) is 10.6. The van der Waals surface area contributed by atoms with Crippen molar-refractivity contribution in [1.29, 1.82) is 0 Å². The van der Waals surface area contributed by atoms with Crippen molar-refractivity contribution >= 4 is 11.8 Å². The minimum absolute atomic E-state index is 0.0369. The van der Waals surface area contributed by atoms with Gasteiger partial charge in [0.05, 0.1) is 6.42 Å². The summed E-state index contributed by atoms with van der Waals surface area (Å²) in [5.74, 6) is 1.06. The maximum Gasteiger partial charge on any atom is 0.231 e. The number of primary amides is 1. The molecular formula is C15H19N3O4. The molecule has 1 saturated heterocycles. The van der Waals surface area contributed by atoms with Crippen LogP contribution in [0, 0.1) is 0 Å². The van der Waals surface area contributed by atoms with Crippen LogP contribution in [0.3, 0.4) is 0 Å². The zero-order valence-corrected chi connectivity index (χ0v) is 12.2. The number of hydrogen-bond acceptors (Lipinski definition) is 5. The highest BCUT2D eigenvalue weighted by molar-refractivity contribution is 5.79. The molecule has 3 rings (SSSR count). The average molecular weight is 305 g/mol. The van der Waals surface area contributed by atoms with Crippen LogP contribution in [0.15, 0.2) is 18.2 Å². The first-order valence-electron chi connectivity index (χ1n) is 7.30. The van der Waals surface area contributed by atoms with E-state index in [0.29, 0.717) is 37.6 Å². The molecule has 2 aliphatic heterocycles. The number of nitrogens with one attached hydrogen (secondary N) is 1. The lowest BCUT2D eigenvalue weighted by Crippen LogP contribution is -2.53. The second kappa shape index (κ2) is 6.23. The van der Waals surface area contributed by atoms with Gasteiger partial charge in [0.15, 0.2) is 11.5 Å². The van der Waals surface area contributed by atoms with E-state index >= 15 is 0 Å². The van der Waals surface area contributed by atoms with Gasteiger partial charge in [-0.15, -0.1) is 0 Å². The number of hydrogen-bond donors (Lipinski definition) is 2. The maximum absolute atomic E-state index is 12.4. The second-order valence-corrected chi connectivity index (χ2v) is 5.53. The number of piperazine rings is 1. The molecule has 2 amide bonds. The Hall–Kier alpha value is -2.28. The summed E-state index contributed by atoms with van der Waals surface area (Å²) in [7, 11) is 0. The Morgan fingerprint density at radius 1 is 1.32 bits per heavy atom. The number of nitrogens with zero attached hydrogens (tertiary/aromatic N) is 1. The van der Waals surface area contributed by atoms with Gasteiger partial charge < -0.3 is 25.4 Å². The van der Waals surface area contributed by atoms with Crippen LogP contribution in [-0.2, 0) is 16.0 Å². The lowest BCUT2D eigenvalue weighted by molar-refractivity contribution is -0.132. The third-order valence-electron chi connectivity index (χ3n) is 3.85. The number of rotatable bonds is 4. The molecule has 7 nitrogen and oxygen atoms in total. The summed E-state index contributed by atoms with van der Waals surface area (Å²) in [5, 5.41) is 3.20. The van der Waals surface area contributed by atoms with Gasteiger partial charge in [-0.2, -0.15) is 0 Å². The quantitative estimate of drug-likeness (QED) is 0.792. The number of carbonyl (C=O) groups excluding carboxylic acids is 2. The van der Waals surface area contributed by atoms with Gasteiger partial charge in [-0.25, -0.2) is 0 Å². The van der Waals surface area contributed by atoms with E-state index in [0.717, 1.165) is 5.56 Å². The van der Waals surface area contributed by atoms with Crippen molar-refractivity contribution in [3.05, 3.63) is 23.8 Å². The van der Waals surface area contributed by atoms with Crippen molar-refractivity contribution in [3.63, 3.8) is 0 Å². The number of carbonyl (C=O) groups is 2. The number of fused-ring (bicyclic) bond motifs is 1. The zero-order chi connectivity index (χ0) is 15.5. The van der Waals surface area contributed by atoms with E-state index in [4.69, 9.17) is 15.2 Å². The van der Waals surface area contributed by atoms with E-state index in [-0.39, 0.29) is 31.1 Å². The van der Waals surface area contributed by atoms with Crippen LogP contribution in [0.5, 0.6) is 11.5 Å². The predicted octanol–water partition coefficient (Wildman–Crippen LogP) is -0.366. The van der Waals surface area contributed by atoms with Gasteiger partial charge in [0.25, 0.3) is 0 Å². The molecule has 3 N–H and O–H groups in total. The van der Waals surface area contributed by atoms with Crippen LogP contribution in [0.2, 0.25) is 0 Å². The predicted molar refractivity (Wildman–Crippen MR) is 78.5 cm³/mol. The smallest absolute Gasteiger partial charge is 0.231 e. The highest BCUT2D eigenvalue weighted by Crippen LogP contribution is 2.32. The summed E-state index contributed by atoms with van der Waals surface area (Å²) in [6.07, 6.45) is 0.549. The summed E-state index contributed by atoms with van der Waals surface area (Å²) in [6.45, 7) is 2.04. The summed E-state index contributed by atoms with van der Waals surface area (Å²) in [5.41, 5.74) is 6.10. The number of benzene rings is 1. The standard InChI is InChI=1S/C15H19N3O4/c16-14(19)7-11-8-18(4-3-17-11)15(20)6-10-1-2-12-13(5-10)22-9-21-12/h1-2,5,11,17H,3-4,6-9H2,(H2,16,19). The van der Waals surface area contributed by atoms with Crippen LogP contribution in [0.1, 0.15) is 12.0 Å². The van der Waals surface area contributed by atoms with Gasteiger partial charge in [0.1, 0.15) is 0 Å². The molecule has 0 saturated carbocycles. The van der Waals surface area contributed by atoms with Crippen molar-refractivity contribution in [2.24, 2.45) is 5.73 Å². The van der Waals surface area contributed by atoms with Crippen LogP contribution >= 0.6 is 0 Å². The van der Waals surface area contributed by atoms with E-state index in [1.165, 1.54) is 0 Å². The summed E-state index contributed by atoms with van der Waals surface area (Å²) < 4.78 is 10.6. The van der Waals surface area contributed by atoms with Gasteiger partial charge in [0.2, 0.25) is 18.6 Å². The minimum atomic E-state index is -0.359. The van der Waals surface area contributed by atoms with Crippen LogP contribution in [0.4, 0.5) is 0 Å². The van der Waals surface area contributed by atoms with E-state index in [1.54, 1.807) is 4.90 Å². The largest absolute Gasteiger partial charge is 0.454 e. The molecular weight excluding hydrogens is 286 g/mol. The van der Waals surface area contributed by atoms with Crippen LogP contribution in [0.25, 0.3) is 0 Å². The first-order valence-corrected chi connectivity index (χ1v) is 7.30. The molecule has 1 aromatic carbocycles. The fourth-order valence-electron chi connectivity index (χ4n) is 2.77. The molecule has 1 unspecified atom stereocenters. The van der Waals surface area contributed by atoms with Crippen LogP contribution < -0.4 is 20.5 Å². The highest BCUT2D eigenvalue weighted by atomic mass is 16.7. The molecule has 118 valence electrons. The topological polar surface area (TPSA) is 93.9 Å². The third-order valence-corrected chi connectivity index (χ3v) is 3.85. The zero-order valence-electron chi connectivity index (χ0n) is 12.2. The van der Waals surface area contributed by atoms with Crippen molar-refractivity contribution in [2.75, 3.05) is 26.4 Å². The molecule has 2 aliphatic rings. The van der Waals surface area contributed by atoms with Gasteiger partial charge >= 0.3 is 0 Å². The van der Waals surface area contributed by atoms with Gasteiger partial charge in [0, 0.05) is 32.1 Å². The Kier molecular flexibility index (Phi) is 4.15. The molecule has 7 heteroatoms. The van der Waals surface area contributed by atoms with Crippen molar-refractivity contribution in [3.8, 4) is 11.5 Å². The number of nitrogens with two attached hydrogens (primary N) is 1. The number of amides is 2. The van der Waals surface area contributed by atoms with Gasteiger partial charge in [-0.3, -0.25) is 9.59 Å². The Morgan fingerprint density at radius 2 is 2.14 bits per heavy atom. The molecule has 2 heterocycles. The average Bonchev–Trinajstić information content (AvgIpc) is 2.94. The molecule has 1 aromatic rings. The molecule has 1 fully saturated rings. The fourth-order valence-corrected chi connectivity index (χ4v) is 2.77. The summed E-state index contributed by atoms with van der Waals surface area (Å²) in [4.78, 5) is 25.2. The Morgan fingerprint density at radius 3 is 2.95 bits per heavy atom.